The average molecular weight is 643 g/mol. The van der Waals surface area contributed by atoms with Gasteiger partial charge in [0.25, 0.3) is 11.5 Å². The van der Waals surface area contributed by atoms with Crippen LogP contribution in [0.3, 0.4) is 0 Å². The fourth-order valence-electron chi connectivity index (χ4n) is 6.91. The molecule has 2 aromatic carbocycles. The van der Waals surface area contributed by atoms with E-state index in [-0.39, 0.29) is 41.4 Å². The van der Waals surface area contributed by atoms with E-state index in [4.69, 9.17) is 4.74 Å². The molecule has 1 aliphatic carbocycles. The number of amides is 1. The predicted octanol–water partition coefficient (Wildman–Crippen LogP) is 4.65. The Morgan fingerprint density at radius 1 is 1.20 bits per heavy atom. The number of hydrogen-bond donors (Lipinski definition) is 2. The van der Waals surface area contributed by atoms with Gasteiger partial charge in [0.1, 0.15) is 29.3 Å². The van der Waals surface area contributed by atoms with Gasteiger partial charge in [-0.15, -0.1) is 0 Å². The lowest BCUT2D eigenvalue weighted by Gasteiger charge is -2.31. The zero-order valence-electron chi connectivity index (χ0n) is 25.8. The molecule has 0 bridgehead atoms. The van der Waals surface area contributed by atoms with Gasteiger partial charge < -0.3 is 24.6 Å². The lowest BCUT2D eigenvalue weighted by atomic mass is 9.91. The van der Waals surface area contributed by atoms with Crippen LogP contribution >= 0.6 is 0 Å². The summed E-state index contributed by atoms with van der Waals surface area (Å²) < 4.78 is 64.2. The number of fused-ring (bicyclic) bond motifs is 2. The normalized spacial score (nSPS) is 20.9. The smallest absolute Gasteiger partial charge is 0.409 e. The van der Waals surface area contributed by atoms with E-state index in [9.17, 15) is 32.7 Å². The van der Waals surface area contributed by atoms with Crippen LogP contribution in [-0.2, 0) is 24.7 Å². The van der Waals surface area contributed by atoms with Crippen molar-refractivity contribution >= 4 is 17.6 Å². The van der Waals surface area contributed by atoms with E-state index in [0.29, 0.717) is 54.0 Å². The van der Waals surface area contributed by atoms with Gasteiger partial charge in [-0.1, -0.05) is 6.07 Å². The van der Waals surface area contributed by atoms with Gasteiger partial charge in [-0.25, -0.2) is 14.2 Å². The SMILES string of the molecule is Cc1cc(N2C[C@H]3C[C@H]3[C@@H]2C(F)(F)F)cc(F)c1C(=O)N[C@@H](Cc1ccc(-c2nc(C)c(C)n(C)c2=O)c2c1CCCO2)C(=O)O. The second-order valence-corrected chi connectivity index (χ2v) is 12.5. The van der Waals surface area contributed by atoms with Crippen molar-refractivity contribution in [1.29, 1.82) is 0 Å². The molecule has 3 aromatic rings. The number of carbonyl (C=O) groups excluding carboxylic acids is 1. The highest BCUT2D eigenvalue weighted by atomic mass is 19.4. The summed E-state index contributed by atoms with van der Waals surface area (Å²) in [5.41, 5.74) is 2.76. The monoisotopic (exact) mass is 642 g/mol. The Kier molecular flexibility index (Phi) is 7.84. The number of halogens is 4. The second kappa shape index (κ2) is 11.4. The summed E-state index contributed by atoms with van der Waals surface area (Å²) in [6, 6.07) is 2.42. The maximum Gasteiger partial charge on any atom is 0.409 e. The van der Waals surface area contributed by atoms with E-state index in [0.717, 1.165) is 16.7 Å². The highest BCUT2D eigenvalue weighted by Gasteiger charge is 2.62. The molecule has 3 aliphatic rings. The van der Waals surface area contributed by atoms with E-state index in [1.54, 1.807) is 33.0 Å². The second-order valence-electron chi connectivity index (χ2n) is 12.5. The molecule has 1 amide bonds. The summed E-state index contributed by atoms with van der Waals surface area (Å²) in [5, 5.41) is 12.4. The van der Waals surface area contributed by atoms with E-state index in [1.165, 1.54) is 17.6 Å². The molecule has 4 atom stereocenters. The van der Waals surface area contributed by atoms with Gasteiger partial charge in [0.15, 0.2) is 0 Å². The predicted molar refractivity (Wildman–Crippen MR) is 161 cm³/mol. The maximum absolute atomic E-state index is 15.4. The van der Waals surface area contributed by atoms with Crippen molar-refractivity contribution in [2.75, 3.05) is 18.1 Å². The van der Waals surface area contributed by atoms with Crippen molar-refractivity contribution in [3.8, 4) is 17.0 Å². The Bertz CT molecular complexity index is 1800. The van der Waals surface area contributed by atoms with Crippen LogP contribution in [0.4, 0.5) is 23.2 Å². The van der Waals surface area contributed by atoms with Crippen molar-refractivity contribution in [1.82, 2.24) is 14.9 Å². The van der Waals surface area contributed by atoms with Crippen LogP contribution in [0.2, 0.25) is 0 Å². The minimum atomic E-state index is -4.47. The molecular weight excluding hydrogens is 608 g/mol. The third-order valence-corrected chi connectivity index (χ3v) is 9.59. The van der Waals surface area contributed by atoms with E-state index < -0.39 is 47.4 Å². The third-order valence-electron chi connectivity index (χ3n) is 9.59. The van der Waals surface area contributed by atoms with Crippen LogP contribution in [0.5, 0.6) is 5.75 Å². The first-order chi connectivity index (χ1) is 21.7. The number of carbonyl (C=O) groups is 2. The fraction of sp³-hybridized carbons (Fsp3) is 0.455. The van der Waals surface area contributed by atoms with Gasteiger partial charge >= 0.3 is 12.1 Å². The average Bonchev–Trinajstić information content (AvgIpc) is 3.64. The number of aliphatic carboxylic acids is 1. The number of rotatable bonds is 7. The highest BCUT2D eigenvalue weighted by molar-refractivity contribution is 5.98. The minimum absolute atomic E-state index is 0.0377. The Balaban J connectivity index is 1.27. The number of piperidine rings is 1. The number of aromatic nitrogens is 2. The topological polar surface area (TPSA) is 114 Å². The molecule has 46 heavy (non-hydrogen) atoms. The Labute approximate surface area is 262 Å². The lowest BCUT2D eigenvalue weighted by molar-refractivity contribution is -0.150. The Hall–Kier alpha value is -4.42. The van der Waals surface area contributed by atoms with Gasteiger partial charge in [0.2, 0.25) is 0 Å². The molecule has 3 heterocycles. The largest absolute Gasteiger partial charge is 0.493 e. The van der Waals surface area contributed by atoms with Crippen LogP contribution < -0.4 is 20.5 Å². The van der Waals surface area contributed by atoms with Crippen LogP contribution in [0.25, 0.3) is 11.3 Å². The number of anilines is 1. The maximum atomic E-state index is 15.4. The quantitative estimate of drug-likeness (QED) is 0.361. The molecule has 244 valence electrons. The van der Waals surface area contributed by atoms with Crippen molar-refractivity contribution < 1.29 is 37.0 Å². The Morgan fingerprint density at radius 2 is 1.93 bits per heavy atom. The standard InChI is InChI=1S/C33H34F4N4O5/c1-15-10-20(41-14-19-11-23(19)29(41)33(35,36)37)13-24(34)26(15)30(42)39-25(32(44)45)12-18-7-8-22(28-21(18)6-5-9-46-28)27-31(43)40(4)17(3)16(2)38-27/h7-8,10,13,19,23,25,29H,5-6,9,11-12,14H2,1-4H3,(H,39,42)(H,44,45)/t19-,23-,25+,29-/m1/s1. The number of carboxylic acid groups (broad SMARTS) is 1. The van der Waals surface area contributed by atoms with Crippen molar-refractivity contribution in [3.05, 3.63) is 74.1 Å². The summed E-state index contributed by atoms with van der Waals surface area (Å²) >= 11 is 0. The van der Waals surface area contributed by atoms with Crippen LogP contribution in [0.15, 0.2) is 29.1 Å². The van der Waals surface area contributed by atoms with Crippen molar-refractivity contribution in [2.45, 2.75) is 64.7 Å². The minimum Gasteiger partial charge on any atom is -0.493 e. The zero-order chi connectivity index (χ0) is 33.2. The number of nitrogens with one attached hydrogen (secondary N) is 1. The molecular formula is C33H34F4N4O5. The van der Waals surface area contributed by atoms with E-state index in [1.807, 2.05) is 0 Å². The van der Waals surface area contributed by atoms with Gasteiger partial charge in [-0.2, -0.15) is 13.2 Å². The summed E-state index contributed by atoms with van der Waals surface area (Å²) in [5.74, 6) is -3.56. The number of aryl methyl sites for hydroxylation is 2. The highest BCUT2D eigenvalue weighted by Crippen LogP contribution is 2.55. The first-order valence-electron chi connectivity index (χ1n) is 15.2. The third kappa shape index (κ3) is 5.49. The summed E-state index contributed by atoms with van der Waals surface area (Å²) in [4.78, 5) is 44.4. The zero-order valence-corrected chi connectivity index (χ0v) is 25.8. The summed E-state index contributed by atoms with van der Waals surface area (Å²) in [6.45, 7) is 5.55. The van der Waals surface area contributed by atoms with E-state index >= 15 is 4.39 Å². The van der Waals surface area contributed by atoms with Crippen LogP contribution in [0, 0.1) is 38.4 Å². The molecule has 2 fully saturated rings. The molecule has 0 radical (unpaired) electrons. The first kappa shape index (κ1) is 31.6. The number of ether oxygens (including phenoxy) is 1. The van der Waals surface area contributed by atoms with E-state index in [2.05, 4.69) is 10.3 Å². The first-order valence-corrected chi connectivity index (χ1v) is 15.2. The molecule has 1 aromatic heterocycles. The number of benzene rings is 2. The number of hydrogen-bond acceptors (Lipinski definition) is 6. The van der Waals surface area contributed by atoms with Crippen molar-refractivity contribution in [2.24, 2.45) is 18.9 Å². The van der Waals surface area contributed by atoms with Gasteiger partial charge in [-0.05, 0) is 86.8 Å². The molecule has 0 unspecified atom stereocenters. The molecule has 1 saturated carbocycles. The number of alkyl halides is 3. The molecule has 13 heteroatoms. The Morgan fingerprint density at radius 3 is 2.61 bits per heavy atom. The molecule has 1 saturated heterocycles. The fourth-order valence-corrected chi connectivity index (χ4v) is 6.91. The molecule has 2 aliphatic heterocycles. The number of nitrogens with zero attached hydrogens (tertiary/aromatic N) is 3. The van der Waals surface area contributed by atoms with Gasteiger partial charge in [-0.3, -0.25) is 9.59 Å². The number of carboxylic acids is 1. The van der Waals surface area contributed by atoms with Gasteiger partial charge in [0, 0.05) is 37.0 Å². The molecule has 2 N–H and O–H groups in total. The van der Waals surface area contributed by atoms with Crippen LogP contribution in [0.1, 0.15) is 51.3 Å². The lowest BCUT2D eigenvalue weighted by Crippen LogP contribution is -2.45. The van der Waals surface area contributed by atoms with Crippen LogP contribution in [-0.4, -0.2) is 57.9 Å². The molecule has 6 rings (SSSR count). The van der Waals surface area contributed by atoms with Crippen molar-refractivity contribution in [3.63, 3.8) is 0 Å². The molecule has 9 nitrogen and oxygen atoms in total. The summed E-state index contributed by atoms with van der Waals surface area (Å²) in [7, 11) is 1.66. The molecule has 0 spiro atoms. The summed E-state index contributed by atoms with van der Waals surface area (Å²) in [6.07, 6.45) is -2.96. The van der Waals surface area contributed by atoms with Gasteiger partial charge in [0.05, 0.1) is 17.9 Å².